The topological polar surface area (TPSA) is 89.5 Å². The van der Waals surface area contributed by atoms with Crippen LogP contribution in [0.15, 0.2) is 24.3 Å². The van der Waals surface area contributed by atoms with Crippen molar-refractivity contribution >= 4 is 21.7 Å². The predicted octanol–water partition coefficient (Wildman–Crippen LogP) is 1.56. The number of nitrogens with one attached hydrogen (secondary N) is 1. The van der Waals surface area contributed by atoms with Crippen LogP contribution in [0.25, 0.3) is 0 Å². The fourth-order valence-corrected chi connectivity index (χ4v) is 4.69. The van der Waals surface area contributed by atoms with Crippen LogP contribution in [0.2, 0.25) is 0 Å². The van der Waals surface area contributed by atoms with Crippen LogP contribution in [-0.4, -0.2) is 43.9 Å². The lowest BCUT2D eigenvalue weighted by Crippen LogP contribution is -2.48. The highest BCUT2D eigenvalue weighted by Crippen LogP contribution is 2.32. The molecule has 6 nitrogen and oxygen atoms in total. The zero-order valence-corrected chi connectivity index (χ0v) is 14.0. The molecule has 0 spiro atoms. The van der Waals surface area contributed by atoms with Gasteiger partial charge in [-0.15, -0.1) is 0 Å². The number of alkyl halides is 3. The Bertz CT molecular complexity index is 791. The zero-order valence-electron chi connectivity index (χ0n) is 13.2. The van der Waals surface area contributed by atoms with Crippen molar-refractivity contribution in [2.75, 3.05) is 18.1 Å². The third kappa shape index (κ3) is 4.94. The van der Waals surface area contributed by atoms with Crippen molar-refractivity contribution in [1.29, 1.82) is 0 Å². The van der Waals surface area contributed by atoms with Gasteiger partial charge in [0.1, 0.15) is 0 Å². The minimum absolute atomic E-state index is 0.0669. The van der Waals surface area contributed by atoms with Crippen LogP contribution in [0.4, 0.5) is 13.2 Å². The van der Waals surface area contributed by atoms with Crippen LogP contribution < -0.4 is 5.32 Å². The average Bonchev–Trinajstić information content (AvgIpc) is 2.77. The molecule has 25 heavy (non-hydrogen) atoms. The Labute approximate surface area is 142 Å². The number of ether oxygens (including phenoxy) is 1. The lowest BCUT2D eigenvalue weighted by atomic mass is 10.0. The zero-order chi connectivity index (χ0) is 18.9. The third-order valence-corrected chi connectivity index (χ3v) is 5.63. The normalized spacial score (nSPS) is 22.4. The van der Waals surface area contributed by atoms with Crippen molar-refractivity contribution in [1.82, 2.24) is 5.32 Å². The summed E-state index contributed by atoms with van der Waals surface area (Å²) in [7, 11) is -3.24. The highest BCUT2D eigenvalue weighted by Gasteiger charge is 2.40. The van der Waals surface area contributed by atoms with E-state index in [9.17, 15) is 31.2 Å². The first kappa shape index (κ1) is 19.2. The molecule has 0 aliphatic carbocycles. The van der Waals surface area contributed by atoms with Crippen LogP contribution in [0.5, 0.6) is 0 Å². The molecule has 0 bridgehead atoms. The molecule has 0 aromatic heterocycles. The van der Waals surface area contributed by atoms with E-state index in [-0.39, 0.29) is 17.9 Å². The van der Waals surface area contributed by atoms with Gasteiger partial charge in [-0.05, 0) is 25.5 Å². The van der Waals surface area contributed by atoms with Crippen molar-refractivity contribution in [2.24, 2.45) is 0 Å². The fraction of sp³-hybridized carbons (Fsp3) is 0.467. The van der Waals surface area contributed by atoms with Gasteiger partial charge in [-0.3, -0.25) is 4.79 Å². The highest BCUT2D eigenvalue weighted by atomic mass is 32.2. The molecular weight excluding hydrogens is 363 g/mol. The molecule has 1 fully saturated rings. The van der Waals surface area contributed by atoms with Crippen LogP contribution in [-0.2, 0) is 25.5 Å². The first-order valence-corrected chi connectivity index (χ1v) is 9.09. The third-order valence-electron chi connectivity index (χ3n) is 3.73. The Morgan fingerprint density at radius 1 is 1.28 bits per heavy atom. The molecule has 1 aromatic carbocycles. The van der Waals surface area contributed by atoms with Crippen LogP contribution >= 0.6 is 0 Å². The van der Waals surface area contributed by atoms with Crippen LogP contribution in [0, 0.1) is 0 Å². The van der Waals surface area contributed by atoms with Gasteiger partial charge in [0.15, 0.2) is 16.4 Å². The standard InChI is InChI=1S/C15H16F3NO5S/c1-14(6-7-25(22,23)9-14)19-12(20)8-24-13(21)10-4-2-3-5-11(10)15(16,17)18/h2-5H,6-9H2,1H3,(H,19,20)/t14-/m1/s1. The largest absolute Gasteiger partial charge is 0.452 e. The Balaban J connectivity index is 1.98. The number of hydrogen-bond donors (Lipinski definition) is 1. The second-order valence-electron chi connectivity index (χ2n) is 6.07. The lowest BCUT2D eigenvalue weighted by molar-refractivity contribution is -0.138. The summed E-state index contributed by atoms with van der Waals surface area (Å²) >= 11 is 0. The number of halogens is 3. The van der Waals surface area contributed by atoms with Gasteiger partial charge in [0.05, 0.1) is 28.2 Å². The summed E-state index contributed by atoms with van der Waals surface area (Å²) in [4.78, 5) is 23.7. The van der Waals surface area contributed by atoms with E-state index >= 15 is 0 Å². The molecule has 138 valence electrons. The summed E-state index contributed by atoms with van der Waals surface area (Å²) in [5.41, 5.74) is -2.83. The molecule has 1 atom stereocenters. The molecule has 0 radical (unpaired) electrons. The number of hydrogen-bond acceptors (Lipinski definition) is 5. The highest BCUT2D eigenvalue weighted by molar-refractivity contribution is 7.91. The van der Waals surface area contributed by atoms with Crippen molar-refractivity contribution in [3.8, 4) is 0 Å². The van der Waals surface area contributed by atoms with E-state index in [1.165, 1.54) is 13.0 Å². The van der Waals surface area contributed by atoms with Gasteiger partial charge in [-0.1, -0.05) is 12.1 Å². The molecule has 0 saturated carbocycles. The molecule has 1 aromatic rings. The minimum Gasteiger partial charge on any atom is -0.452 e. The number of esters is 1. The molecule has 10 heteroatoms. The molecular formula is C15H16F3NO5S. The van der Waals surface area contributed by atoms with Gasteiger partial charge in [0.2, 0.25) is 0 Å². The fourth-order valence-electron chi connectivity index (χ4n) is 2.60. The first-order chi connectivity index (χ1) is 11.4. The first-order valence-electron chi connectivity index (χ1n) is 7.27. The molecule has 1 aliphatic rings. The van der Waals surface area contributed by atoms with Gasteiger partial charge in [0.25, 0.3) is 5.91 Å². The summed E-state index contributed by atoms with van der Waals surface area (Å²) in [5.74, 6) is -2.37. The summed E-state index contributed by atoms with van der Waals surface area (Å²) in [5, 5.41) is 2.44. The smallest absolute Gasteiger partial charge is 0.417 e. The molecule has 0 unspecified atom stereocenters. The summed E-state index contributed by atoms with van der Waals surface area (Å²) in [6.07, 6.45) is -4.52. The second kappa shape index (κ2) is 6.66. The van der Waals surface area contributed by atoms with E-state index in [0.29, 0.717) is 0 Å². The molecule has 1 aliphatic heterocycles. The monoisotopic (exact) mass is 379 g/mol. The van der Waals surface area contributed by atoms with Gasteiger partial charge in [0, 0.05) is 0 Å². The van der Waals surface area contributed by atoms with Gasteiger partial charge in [-0.25, -0.2) is 13.2 Å². The summed E-state index contributed by atoms with van der Waals surface area (Å²) in [6.45, 7) is 0.733. The summed E-state index contributed by atoms with van der Waals surface area (Å²) < 4.78 is 66.1. The van der Waals surface area contributed by atoms with E-state index in [0.717, 1.165) is 18.2 Å². The number of amides is 1. The van der Waals surface area contributed by atoms with Crippen molar-refractivity contribution in [3.05, 3.63) is 35.4 Å². The summed E-state index contributed by atoms with van der Waals surface area (Å²) in [6, 6.07) is 4.07. The van der Waals surface area contributed by atoms with E-state index in [4.69, 9.17) is 0 Å². The Hall–Kier alpha value is -2.10. The minimum atomic E-state index is -4.73. The van der Waals surface area contributed by atoms with E-state index < -0.39 is 51.2 Å². The van der Waals surface area contributed by atoms with E-state index in [1.807, 2.05) is 0 Å². The Kier molecular flexibility index (Phi) is 5.12. The molecule has 2 rings (SSSR count). The SMILES string of the molecule is C[C@@]1(NC(=O)COC(=O)c2ccccc2C(F)(F)F)CCS(=O)(=O)C1. The molecule has 1 heterocycles. The quantitative estimate of drug-likeness (QED) is 0.802. The number of carbonyl (C=O) groups is 2. The maximum Gasteiger partial charge on any atom is 0.417 e. The Morgan fingerprint density at radius 3 is 2.48 bits per heavy atom. The molecule has 1 amide bonds. The lowest BCUT2D eigenvalue weighted by Gasteiger charge is -2.23. The maximum absolute atomic E-state index is 12.9. The van der Waals surface area contributed by atoms with Gasteiger partial charge in [-0.2, -0.15) is 13.2 Å². The Morgan fingerprint density at radius 2 is 1.92 bits per heavy atom. The molecule has 1 N–H and O–H groups in total. The predicted molar refractivity (Wildman–Crippen MR) is 81.5 cm³/mol. The number of rotatable bonds is 4. The maximum atomic E-state index is 12.9. The van der Waals surface area contributed by atoms with E-state index in [1.54, 1.807) is 0 Å². The van der Waals surface area contributed by atoms with Crippen molar-refractivity contribution in [3.63, 3.8) is 0 Å². The second-order valence-corrected chi connectivity index (χ2v) is 8.25. The van der Waals surface area contributed by atoms with E-state index in [2.05, 4.69) is 10.1 Å². The van der Waals surface area contributed by atoms with Crippen LogP contribution in [0.1, 0.15) is 29.3 Å². The van der Waals surface area contributed by atoms with Crippen LogP contribution in [0.3, 0.4) is 0 Å². The average molecular weight is 379 g/mol. The van der Waals surface area contributed by atoms with Crippen molar-refractivity contribution in [2.45, 2.75) is 25.1 Å². The van der Waals surface area contributed by atoms with Gasteiger partial charge >= 0.3 is 12.1 Å². The van der Waals surface area contributed by atoms with Gasteiger partial charge < -0.3 is 10.1 Å². The van der Waals surface area contributed by atoms with Crippen molar-refractivity contribution < 1.29 is 35.9 Å². The number of carbonyl (C=O) groups excluding carboxylic acids is 2. The number of benzene rings is 1. The number of sulfone groups is 1. The molecule has 1 saturated heterocycles.